The molecular weight excluding hydrogens is 218 g/mol. The fourth-order valence-electron chi connectivity index (χ4n) is 1.77. The molecule has 0 atom stereocenters. The zero-order valence-electron chi connectivity index (χ0n) is 8.63. The molecule has 1 aromatic carbocycles. The maximum absolute atomic E-state index is 4.31. The third-order valence-electron chi connectivity index (χ3n) is 2.52. The van der Waals surface area contributed by atoms with E-state index in [9.17, 15) is 0 Å². The average molecular weight is 229 g/mol. The van der Waals surface area contributed by atoms with Crippen LogP contribution in [-0.4, -0.2) is 15.8 Å². The van der Waals surface area contributed by atoms with Gasteiger partial charge in [0.2, 0.25) is 0 Å². The highest BCUT2D eigenvalue weighted by Gasteiger charge is 2.13. The van der Waals surface area contributed by atoms with E-state index in [4.69, 9.17) is 0 Å². The largest absolute Gasteiger partial charge is 0.345 e. The zero-order chi connectivity index (χ0) is 10.8. The third kappa shape index (κ3) is 1.61. The maximum Gasteiger partial charge on any atom is 0.139 e. The molecule has 0 bridgehead atoms. The fraction of sp³-hybridized carbons (Fsp3) is 0.0833. The molecule has 0 amide bonds. The Kier molecular flexibility index (Phi) is 2.42. The molecule has 0 fully saturated rings. The van der Waals surface area contributed by atoms with Gasteiger partial charge < -0.3 is 9.88 Å². The lowest BCUT2D eigenvalue weighted by Gasteiger charge is -2.17. The number of nitrogens with zero attached hydrogens (tertiary/aromatic N) is 2. The van der Waals surface area contributed by atoms with Crippen molar-refractivity contribution in [1.29, 1.82) is 0 Å². The van der Waals surface area contributed by atoms with Crippen LogP contribution in [0.2, 0.25) is 0 Å². The lowest BCUT2D eigenvalue weighted by atomic mass is 10.1. The van der Waals surface area contributed by atoms with Gasteiger partial charge in [-0.2, -0.15) is 0 Å². The lowest BCUT2D eigenvalue weighted by molar-refractivity contribution is 1.18. The second kappa shape index (κ2) is 4.06. The average Bonchev–Trinajstić information content (AvgIpc) is 3.03. The van der Waals surface area contributed by atoms with Crippen LogP contribution in [0.5, 0.6) is 0 Å². The number of benzene rings is 1. The Labute approximate surface area is 98.2 Å². The van der Waals surface area contributed by atoms with Gasteiger partial charge in [-0.3, -0.25) is 0 Å². The number of imidazole rings is 1. The van der Waals surface area contributed by atoms with E-state index in [1.165, 1.54) is 5.69 Å². The highest BCUT2D eigenvalue weighted by molar-refractivity contribution is 8.02. The monoisotopic (exact) mass is 229 g/mol. The van der Waals surface area contributed by atoms with E-state index in [2.05, 4.69) is 44.7 Å². The Morgan fingerprint density at radius 3 is 3.00 bits per heavy atom. The molecule has 2 heterocycles. The van der Waals surface area contributed by atoms with Crippen LogP contribution in [0.4, 0.5) is 5.69 Å². The minimum atomic E-state index is 0.918. The third-order valence-corrected chi connectivity index (χ3v) is 3.26. The molecule has 4 heteroatoms. The number of anilines is 1. The van der Waals surface area contributed by atoms with Crippen LogP contribution < -0.4 is 4.90 Å². The standard InChI is InChI=1S/C12H11N3S/c1-2-4-11(15-7-8-16-9-15)10(3-1)12-13-5-6-14-12/h1-8H,9H2,(H,13,14). The molecule has 0 aliphatic carbocycles. The number of hydrogen-bond donors (Lipinski definition) is 1. The van der Waals surface area contributed by atoms with Crippen molar-refractivity contribution in [3.8, 4) is 11.4 Å². The van der Waals surface area contributed by atoms with Crippen molar-refractivity contribution in [2.75, 3.05) is 10.8 Å². The molecule has 0 spiro atoms. The number of aromatic amines is 1. The molecule has 3 nitrogen and oxygen atoms in total. The van der Waals surface area contributed by atoms with E-state index < -0.39 is 0 Å². The van der Waals surface area contributed by atoms with Crippen LogP contribution in [0, 0.1) is 0 Å². The molecule has 1 N–H and O–H groups in total. The van der Waals surface area contributed by atoms with Crippen molar-refractivity contribution < 1.29 is 0 Å². The van der Waals surface area contributed by atoms with Crippen LogP contribution in [-0.2, 0) is 0 Å². The van der Waals surface area contributed by atoms with Gasteiger partial charge in [0.1, 0.15) is 5.82 Å². The minimum Gasteiger partial charge on any atom is -0.345 e. The van der Waals surface area contributed by atoms with Gasteiger partial charge in [-0.05, 0) is 17.5 Å². The molecule has 0 saturated carbocycles. The molecule has 0 saturated heterocycles. The van der Waals surface area contributed by atoms with E-state index in [1.807, 2.05) is 12.3 Å². The fourth-order valence-corrected chi connectivity index (χ4v) is 2.47. The van der Waals surface area contributed by atoms with Gasteiger partial charge in [0.05, 0.1) is 11.6 Å². The molecule has 16 heavy (non-hydrogen) atoms. The Morgan fingerprint density at radius 2 is 2.25 bits per heavy atom. The highest BCUT2D eigenvalue weighted by atomic mass is 32.2. The normalized spacial score (nSPS) is 14.6. The molecule has 2 aromatic rings. The predicted molar refractivity (Wildman–Crippen MR) is 68.1 cm³/mol. The van der Waals surface area contributed by atoms with E-state index in [-0.39, 0.29) is 0 Å². The SMILES string of the molecule is C1=CN(c2ccccc2-c2ncc[nH]2)CS1. The summed E-state index contributed by atoms with van der Waals surface area (Å²) in [7, 11) is 0. The summed E-state index contributed by atoms with van der Waals surface area (Å²) in [5, 5.41) is 2.11. The van der Waals surface area contributed by atoms with Crippen molar-refractivity contribution >= 4 is 17.4 Å². The van der Waals surface area contributed by atoms with Crippen molar-refractivity contribution in [3.63, 3.8) is 0 Å². The first kappa shape index (κ1) is 9.54. The quantitative estimate of drug-likeness (QED) is 0.859. The van der Waals surface area contributed by atoms with Gasteiger partial charge in [0, 0.05) is 24.2 Å². The highest BCUT2D eigenvalue weighted by Crippen LogP contribution is 2.32. The first-order chi connectivity index (χ1) is 7.95. The number of aromatic nitrogens is 2. The molecule has 3 rings (SSSR count). The minimum absolute atomic E-state index is 0.918. The number of thioether (sulfide) groups is 1. The smallest absolute Gasteiger partial charge is 0.139 e. The van der Waals surface area contributed by atoms with Crippen molar-refractivity contribution in [2.45, 2.75) is 0 Å². The molecular formula is C12H11N3S. The molecule has 0 unspecified atom stereocenters. The Bertz CT molecular complexity index is 505. The lowest BCUT2D eigenvalue weighted by Crippen LogP contribution is -2.11. The van der Waals surface area contributed by atoms with Crippen LogP contribution >= 0.6 is 11.8 Å². The zero-order valence-corrected chi connectivity index (χ0v) is 9.45. The molecule has 1 aliphatic heterocycles. The van der Waals surface area contributed by atoms with Crippen LogP contribution in [0.25, 0.3) is 11.4 Å². The van der Waals surface area contributed by atoms with E-state index in [0.29, 0.717) is 0 Å². The van der Waals surface area contributed by atoms with Gasteiger partial charge in [0.25, 0.3) is 0 Å². The molecule has 80 valence electrons. The summed E-state index contributed by atoms with van der Waals surface area (Å²) in [6.07, 6.45) is 5.73. The summed E-state index contributed by atoms with van der Waals surface area (Å²) in [5.74, 6) is 1.89. The number of nitrogens with one attached hydrogen (secondary N) is 1. The van der Waals surface area contributed by atoms with Crippen molar-refractivity contribution in [3.05, 3.63) is 48.3 Å². The van der Waals surface area contributed by atoms with Crippen molar-refractivity contribution in [1.82, 2.24) is 9.97 Å². The maximum atomic E-state index is 4.31. The van der Waals surface area contributed by atoms with Gasteiger partial charge in [-0.15, -0.1) is 11.8 Å². The van der Waals surface area contributed by atoms with Gasteiger partial charge in [0.15, 0.2) is 0 Å². The van der Waals surface area contributed by atoms with Crippen LogP contribution in [0.3, 0.4) is 0 Å². The first-order valence-electron chi connectivity index (χ1n) is 5.09. The van der Waals surface area contributed by atoms with Crippen molar-refractivity contribution in [2.24, 2.45) is 0 Å². The second-order valence-electron chi connectivity index (χ2n) is 3.51. The van der Waals surface area contributed by atoms with E-state index >= 15 is 0 Å². The summed E-state index contributed by atoms with van der Waals surface area (Å²) in [6.45, 7) is 0. The second-order valence-corrected chi connectivity index (χ2v) is 4.37. The van der Waals surface area contributed by atoms with Crippen LogP contribution in [0.1, 0.15) is 0 Å². The number of hydrogen-bond acceptors (Lipinski definition) is 3. The van der Waals surface area contributed by atoms with E-state index in [0.717, 1.165) is 17.3 Å². The number of H-pyrrole nitrogens is 1. The summed E-state index contributed by atoms with van der Waals surface area (Å²) in [5.41, 5.74) is 2.33. The van der Waals surface area contributed by atoms with Crippen LogP contribution in [0.15, 0.2) is 48.3 Å². The number of rotatable bonds is 2. The topological polar surface area (TPSA) is 31.9 Å². The predicted octanol–water partition coefficient (Wildman–Crippen LogP) is 3.06. The Balaban J connectivity index is 2.07. The summed E-state index contributed by atoms with van der Waals surface area (Å²) in [6, 6.07) is 8.30. The van der Waals surface area contributed by atoms with Gasteiger partial charge in [-0.25, -0.2) is 4.98 Å². The summed E-state index contributed by atoms with van der Waals surface area (Å²) in [4.78, 5) is 9.68. The van der Waals surface area contributed by atoms with Gasteiger partial charge in [-0.1, -0.05) is 12.1 Å². The Morgan fingerprint density at radius 1 is 1.31 bits per heavy atom. The number of para-hydroxylation sites is 1. The molecule has 1 aliphatic rings. The summed E-state index contributed by atoms with van der Waals surface area (Å²) < 4.78 is 0. The Hall–Kier alpha value is -1.68. The summed E-state index contributed by atoms with van der Waals surface area (Å²) >= 11 is 1.80. The molecule has 1 aromatic heterocycles. The van der Waals surface area contributed by atoms with E-state index in [1.54, 1.807) is 18.0 Å². The first-order valence-corrected chi connectivity index (χ1v) is 6.14. The molecule has 0 radical (unpaired) electrons. The van der Waals surface area contributed by atoms with Gasteiger partial charge >= 0.3 is 0 Å².